The summed E-state index contributed by atoms with van der Waals surface area (Å²) >= 11 is 0. The van der Waals surface area contributed by atoms with Gasteiger partial charge in [0.15, 0.2) is 0 Å². The molecule has 1 aromatic carbocycles. The predicted octanol–water partition coefficient (Wildman–Crippen LogP) is 3.93. The first-order valence-electron chi connectivity index (χ1n) is 10.4. The molecule has 5 heteroatoms. The van der Waals surface area contributed by atoms with Crippen molar-refractivity contribution in [3.63, 3.8) is 0 Å². The van der Waals surface area contributed by atoms with Gasteiger partial charge in [-0.05, 0) is 57.6 Å². The molecule has 3 amide bonds. The minimum Gasteiger partial charge on any atom is -0.343 e. The van der Waals surface area contributed by atoms with Gasteiger partial charge in [-0.15, -0.1) is 6.58 Å². The first-order chi connectivity index (χ1) is 14.0. The molecule has 5 nitrogen and oxygen atoms in total. The molecular formula is C24H30N2O3. The second kappa shape index (κ2) is 8.36. The fourth-order valence-electron chi connectivity index (χ4n) is 4.75. The monoisotopic (exact) mass is 394 g/mol. The topological polar surface area (TPSA) is 57.7 Å². The van der Waals surface area contributed by atoms with Gasteiger partial charge in [-0.1, -0.05) is 30.4 Å². The maximum absolute atomic E-state index is 13.5. The highest BCUT2D eigenvalue weighted by Crippen LogP contribution is 2.61. The van der Waals surface area contributed by atoms with Gasteiger partial charge < -0.3 is 4.90 Å². The lowest BCUT2D eigenvalue weighted by Gasteiger charge is -2.31. The predicted molar refractivity (Wildman–Crippen MR) is 113 cm³/mol. The van der Waals surface area contributed by atoms with Gasteiger partial charge in [-0.2, -0.15) is 0 Å². The standard InChI is InChI=1S/C24H30N2O3/c1-5-11-17(12-6-2)24(23(29)25(7-3)8-4)15-18(24)16-26-21(27)19-13-9-10-14-20(19)22(26)28/h5-6,9-10,12-14,17-18H,1,7-8,11,15-16H2,2-4H3/b12-6-. The fraction of sp³-hybridized carbons (Fsp3) is 0.458. The van der Waals surface area contributed by atoms with E-state index >= 15 is 0 Å². The van der Waals surface area contributed by atoms with Crippen molar-refractivity contribution in [2.45, 2.75) is 33.6 Å². The van der Waals surface area contributed by atoms with E-state index in [9.17, 15) is 14.4 Å². The van der Waals surface area contributed by atoms with Crippen molar-refractivity contribution in [1.82, 2.24) is 9.80 Å². The summed E-state index contributed by atoms with van der Waals surface area (Å²) in [7, 11) is 0. The third-order valence-electron chi connectivity index (χ3n) is 6.39. The van der Waals surface area contributed by atoms with Crippen LogP contribution < -0.4 is 0 Å². The molecule has 1 aliphatic heterocycles. The van der Waals surface area contributed by atoms with E-state index in [0.29, 0.717) is 37.1 Å². The molecule has 1 aliphatic carbocycles. The quantitative estimate of drug-likeness (QED) is 0.471. The number of hydrogen-bond donors (Lipinski definition) is 0. The van der Waals surface area contributed by atoms with Gasteiger partial charge in [0.25, 0.3) is 11.8 Å². The molecule has 29 heavy (non-hydrogen) atoms. The highest BCUT2D eigenvalue weighted by atomic mass is 16.2. The summed E-state index contributed by atoms with van der Waals surface area (Å²) in [6.45, 7) is 11.4. The molecule has 3 rings (SSSR count). The number of rotatable bonds is 9. The molecule has 1 aromatic rings. The summed E-state index contributed by atoms with van der Waals surface area (Å²) < 4.78 is 0. The molecule has 1 saturated carbocycles. The van der Waals surface area contributed by atoms with Crippen molar-refractivity contribution in [2.24, 2.45) is 17.3 Å². The molecule has 0 radical (unpaired) electrons. The lowest BCUT2D eigenvalue weighted by atomic mass is 9.82. The van der Waals surface area contributed by atoms with Crippen LogP contribution >= 0.6 is 0 Å². The van der Waals surface area contributed by atoms with Gasteiger partial charge in [0.1, 0.15) is 0 Å². The van der Waals surface area contributed by atoms with Crippen molar-refractivity contribution in [3.8, 4) is 0 Å². The molecule has 1 fully saturated rings. The Balaban J connectivity index is 1.89. The zero-order valence-corrected chi connectivity index (χ0v) is 17.6. The van der Waals surface area contributed by atoms with Crippen LogP contribution in [-0.2, 0) is 4.79 Å². The van der Waals surface area contributed by atoms with Crippen LogP contribution in [0.15, 0.2) is 49.1 Å². The summed E-state index contributed by atoms with van der Waals surface area (Å²) in [5, 5.41) is 0. The van der Waals surface area contributed by atoms with E-state index in [1.54, 1.807) is 24.3 Å². The minimum atomic E-state index is -0.581. The molecular weight excluding hydrogens is 364 g/mol. The highest BCUT2D eigenvalue weighted by Gasteiger charge is 2.64. The average molecular weight is 395 g/mol. The van der Waals surface area contributed by atoms with Gasteiger partial charge in [-0.25, -0.2) is 0 Å². The molecule has 0 bridgehead atoms. The molecule has 0 spiro atoms. The Kier molecular flexibility index (Phi) is 6.06. The van der Waals surface area contributed by atoms with E-state index in [4.69, 9.17) is 0 Å². The van der Waals surface area contributed by atoms with E-state index < -0.39 is 5.41 Å². The van der Waals surface area contributed by atoms with Crippen molar-refractivity contribution in [1.29, 1.82) is 0 Å². The Morgan fingerprint density at radius 3 is 2.31 bits per heavy atom. The SMILES string of the molecule is C=CCC(/C=C\C)C1(C(=O)N(CC)CC)CC1CN1C(=O)c2ccccc2C1=O. The van der Waals surface area contributed by atoms with Crippen molar-refractivity contribution < 1.29 is 14.4 Å². The smallest absolute Gasteiger partial charge is 0.261 e. The maximum Gasteiger partial charge on any atom is 0.261 e. The molecule has 3 unspecified atom stereocenters. The van der Waals surface area contributed by atoms with Gasteiger partial charge >= 0.3 is 0 Å². The Bertz CT molecular complexity index is 820. The lowest BCUT2D eigenvalue weighted by Crippen LogP contribution is -2.43. The number of imide groups is 1. The third-order valence-corrected chi connectivity index (χ3v) is 6.39. The maximum atomic E-state index is 13.5. The average Bonchev–Trinajstić information content (AvgIpc) is 3.41. The van der Waals surface area contributed by atoms with Crippen LogP contribution in [0.1, 0.15) is 54.3 Å². The lowest BCUT2D eigenvalue weighted by molar-refractivity contribution is -0.139. The Morgan fingerprint density at radius 1 is 1.24 bits per heavy atom. The summed E-state index contributed by atoms with van der Waals surface area (Å²) in [5.41, 5.74) is 0.326. The normalized spacial score (nSPS) is 24.0. The van der Waals surface area contributed by atoms with Crippen LogP contribution in [0.5, 0.6) is 0 Å². The van der Waals surface area contributed by atoms with E-state index in [-0.39, 0.29) is 36.1 Å². The number of nitrogens with zero attached hydrogens (tertiary/aromatic N) is 2. The zero-order valence-electron chi connectivity index (χ0n) is 17.6. The fourth-order valence-corrected chi connectivity index (χ4v) is 4.75. The first kappa shape index (κ1) is 21.0. The number of hydrogen-bond acceptors (Lipinski definition) is 3. The third kappa shape index (κ3) is 3.43. The van der Waals surface area contributed by atoms with Crippen LogP contribution in [0.3, 0.4) is 0 Å². The number of allylic oxidation sites excluding steroid dienone is 3. The molecule has 0 N–H and O–H groups in total. The summed E-state index contributed by atoms with van der Waals surface area (Å²) in [5.74, 6) is -0.424. The molecule has 0 aromatic heterocycles. The van der Waals surface area contributed by atoms with Crippen LogP contribution in [0, 0.1) is 17.3 Å². The van der Waals surface area contributed by atoms with Crippen molar-refractivity contribution in [3.05, 3.63) is 60.2 Å². The molecule has 2 aliphatic rings. The molecule has 1 heterocycles. The second-order valence-corrected chi connectivity index (χ2v) is 7.84. The number of benzene rings is 1. The Morgan fingerprint density at radius 2 is 1.83 bits per heavy atom. The molecule has 3 atom stereocenters. The zero-order chi connectivity index (χ0) is 21.2. The highest BCUT2D eigenvalue weighted by molar-refractivity contribution is 6.21. The van der Waals surface area contributed by atoms with E-state index in [0.717, 1.165) is 0 Å². The molecule has 154 valence electrons. The minimum absolute atomic E-state index is 0.0123. The van der Waals surface area contributed by atoms with Crippen LogP contribution in [0.2, 0.25) is 0 Å². The Hall–Kier alpha value is -2.69. The van der Waals surface area contributed by atoms with Gasteiger partial charge in [0.2, 0.25) is 5.91 Å². The number of fused-ring (bicyclic) bond motifs is 1. The van der Waals surface area contributed by atoms with Gasteiger partial charge in [0, 0.05) is 19.6 Å². The van der Waals surface area contributed by atoms with Gasteiger partial charge in [-0.3, -0.25) is 19.3 Å². The van der Waals surface area contributed by atoms with E-state index in [1.165, 1.54) is 4.90 Å². The first-order valence-corrected chi connectivity index (χ1v) is 10.4. The summed E-state index contributed by atoms with van der Waals surface area (Å²) in [6, 6.07) is 6.92. The van der Waals surface area contributed by atoms with Crippen molar-refractivity contribution in [2.75, 3.05) is 19.6 Å². The van der Waals surface area contributed by atoms with Crippen LogP contribution in [0.4, 0.5) is 0 Å². The second-order valence-electron chi connectivity index (χ2n) is 7.84. The van der Waals surface area contributed by atoms with Gasteiger partial charge in [0.05, 0.1) is 16.5 Å². The van der Waals surface area contributed by atoms with Crippen molar-refractivity contribution >= 4 is 17.7 Å². The number of carbonyl (C=O) groups is 3. The number of amides is 3. The Labute approximate surface area is 173 Å². The van der Waals surface area contributed by atoms with Crippen LogP contribution in [-0.4, -0.2) is 47.2 Å². The van der Waals surface area contributed by atoms with E-state index in [2.05, 4.69) is 12.7 Å². The van der Waals surface area contributed by atoms with E-state index in [1.807, 2.05) is 37.8 Å². The summed E-state index contributed by atoms with van der Waals surface area (Å²) in [6.07, 6.45) is 7.27. The molecule has 0 saturated heterocycles. The van der Waals surface area contributed by atoms with Crippen LogP contribution in [0.25, 0.3) is 0 Å². The number of carbonyl (C=O) groups excluding carboxylic acids is 3. The largest absolute Gasteiger partial charge is 0.343 e. The summed E-state index contributed by atoms with van der Waals surface area (Å²) in [4.78, 5) is 42.3.